The van der Waals surface area contributed by atoms with E-state index in [1.54, 1.807) is 6.92 Å². The van der Waals surface area contributed by atoms with Crippen molar-refractivity contribution >= 4 is 21.9 Å². The van der Waals surface area contributed by atoms with Crippen LogP contribution in [0.4, 0.5) is 0 Å². The first-order chi connectivity index (χ1) is 12.0. The van der Waals surface area contributed by atoms with Crippen molar-refractivity contribution in [3.05, 3.63) is 63.6 Å². The van der Waals surface area contributed by atoms with E-state index in [0.29, 0.717) is 6.61 Å². The number of carboxylic acid groups (broad SMARTS) is 1. The van der Waals surface area contributed by atoms with Gasteiger partial charge in [-0.05, 0) is 54.8 Å². The van der Waals surface area contributed by atoms with Gasteiger partial charge >= 0.3 is 5.97 Å². The van der Waals surface area contributed by atoms with E-state index in [2.05, 4.69) is 46.8 Å². The van der Waals surface area contributed by atoms with Gasteiger partial charge in [-0.25, -0.2) is 0 Å². The van der Waals surface area contributed by atoms with Crippen LogP contribution in [0.2, 0.25) is 0 Å². The van der Waals surface area contributed by atoms with Gasteiger partial charge < -0.3 is 9.84 Å². The van der Waals surface area contributed by atoms with Crippen LogP contribution < -0.4 is 4.74 Å². The summed E-state index contributed by atoms with van der Waals surface area (Å²) in [5.74, 6) is 5.38. The summed E-state index contributed by atoms with van der Waals surface area (Å²) in [6.45, 7) is 4.40. The standard InChI is InChI=1S/C21H21BrO3/c1-3-4-18(14-21(23)24)16-6-9-20(10-7-16)25-12-11-17-13-19(22)8-5-15(17)2/h5-10,13,18H,11-12,14H2,1-2H3,(H,23,24)/t18-/m0/s1. The molecule has 2 rings (SSSR count). The van der Waals surface area contributed by atoms with Crippen molar-refractivity contribution in [3.8, 4) is 17.6 Å². The van der Waals surface area contributed by atoms with E-state index in [-0.39, 0.29) is 12.3 Å². The smallest absolute Gasteiger partial charge is 0.304 e. The molecule has 0 saturated carbocycles. The van der Waals surface area contributed by atoms with Crippen LogP contribution in [-0.4, -0.2) is 17.7 Å². The number of ether oxygens (including phenoxy) is 1. The summed E-state index contributed by atoms with van der Waals surface area (Å²) in [4.78, 5) is 11.0. The summed E-state index contributed by atoms with van der Waals surface area (Å²) in [6.07, 6.45) is 0.833. The van der Waals surface area contributed by atoms with Crippen molar-refractivity contribution in [2.45, 2.75) is 32.6 Å². The highest BCUT2D eigenvalue weighted by Crippen LogP contribution is 2.22. The first kappa shape index (κ1) is 19.1. The maximum Gasteiger partial charge on any atom is 0.304 e. The highest BCUT2D eigenvalue weighted by atomic mass is 79.9. The number of aryl methyl sites for hydroxylation is 1. The molecule has 0 saturated heterocycles. The summed E-state index contributed by atoms with van der Waals surface area (Å²) in [5, 5.41) is 9.00. The molecule has 0 aliphatic carbocycles. The molecule has 0 spiro atoms. The average Bonchev–Trinajstić information content (AvgIpc) is 2.58. The first-order valence-electron chi connectivity index (χ1n) is 8.11. The minimum atomic E-state index is -0.850. The Morgan fingerprint density at radius 3 is 2.60 bits per heavy atom. The van der Waals surface area contributed by atoms with Gasteiger partial charge in [-0.15, -0.1) is 5.92 Å². The number of carboxylic acids is 1. The Bertz CT molecular complexity index is 785. The Kier molecular flexibility index (Phi) is 7.09. The van der Waals surface area contributed by atoms with Crippen molar-refractivity contribution in [1.82, 2.24) is 0 Å². The van der Waals surface area contributed by atoms with Crippen LogP contribution in [0.3, 0.4) is 0 Å². The predicted molar refractivity (Wildman–Crippen MR) is 103 cm³/mol. The number of benzene rings is 2. The molecule has 1 atom stereocenters. The van der Waals surface area contributed by atoms with Gasteiger partial charge in [0.15, 0.2) is 0 Å². The van der Waals surface area contributed by atoms with Crippen LogP contribution in [0, 0.1) is 18.8 Å². The fourth-order valence-electron chi connectivity index (χ4n) is 2.59. The van der Waals surface area contributed by atoms with Gasteiger partial charge in [-0.2, -0.15) is 0 Å². The molecule has 0 radical (unpaired) electrons. The molecule has 2 aromatic rings. The maximum absolute atomic E-state index is 11.0. The van der Waals surface area contributed by atoms with Crippen LogP contribution in [0.25, 0.3) is 0 Å². The third-order valence-corrected chi connectivity index (χ3v) is 4.42. The number of rotatable bonds is 7. The fraction of sp³-hybridized carbons (Fsp3) is 0.286. The van der Waals surface area contributed by atoms with Gasteiger partial charge in [-0.3, -0.25) is 4.79 Å². The van der Waals surface area contributed by atoms with Crippen LogP contribution >= 0.6 is 15.9 Å². The van der Waals surface area contributed by atoms with Gasteiger partial charge in [0, 0.05) is 10.9 Å². The molecule has 0 amide bonds. The minimum Gasteiger partial charge on any atom is -0.493 e. The van der Waals surface area contributed by atoms with Gasteiger partial charge in [0.25, 0.3) is 0 Å². The summed E-state index contributed by atoms with van der Waals surface area (Å²) < 4.78 is 6.88. The van der Waals surface area contributed by atoms with Crippen molar-refractivity contribution < 1.29 is 14.6 Å². The Balaban J connectivity index is 1.96. The molecule has 3 nitrogen and oxygen atoms in total. The highest BCUT2D eigenvalue weighted by molar-refractivity contribution is 9.10. The Labute approximate surface area is 157 Å². The van der Waals surface area contributed by atoms with E-state index < -0.39 is 5.97 Å². The Morgan fingerprint density at radius 1 is 1.24 bits per heavy atom. The number of halogens is 1. The number of aliphatic carboxylic acids is 1. The van der Waals surface area contributed by atoms with Gasteiger partial charge in [0.1, 0.15) is 5.75 Å². The highest BCUT2D eigenvalue weighted by Gasteiger charge is 2.13. The van der Waals surface area contributed by atoms with Crippen LogP contribution in [0.1, 0.15) is 36.0 Å². The van der Waals surface area contributed by atoms with Gasteiger partial charge in [0.05, 0.1) is 18.9 Å². The van der Waals surface area contributed by atoms with E-state index in [1.165, 1.54) is 11.1 Å². The number of hydrogen-bond acceptors (Lipinski definition) is 2. The average molecular weight is 401 g/mol. The predicted octanol–water partition coefficient (Wildman–Crippen LogP) is 4.96. The third kappa shape index (κ3) is 5.95. The maximum atomic E-state index is 11.0. The monoisotopic (exact) mass is 400 g/mol. The summed E-state index contributed by atoms with van der Waals surface area (Å²) in [6, 6.07) is 13.7. The second kappa shape index (κ2) is 9.29. The molecular weight excluding hydrogens is 380 g/mol. The minimum absolute atomic E-state index is 0.00318. The molecule has 0 fully saturated rings. The topological polar surface area (TPSA) is 46.5 Å². The first-order valence-corrected chi connectivity index (χ1v) is 8.90. The molecule has 25 heavy (non-hydrogen) atoms. The molecule has 0 aliphatic heterocycles. The molecule has 1 N–H and O–H groups in total. The molecule has 0 aromatic heterocycles. The molecule has 0 bridgehead atoms. The zero-order chi connectivity index (χ0) is 18.2. The van der Waals surface area contributed by atoms with E-state index in [4.69, 9.17) is 9.84 Å². The lowest BCUT2D eigenvalue weighted by Gasteiger charge is -2.11. The molecule has 0 heterocycles. The molecule has 130 valence electrons. The molecule has 0 unspecified atom stereocenters. The summed E-state index contributed by atoms with van der Waals surface area (Å²) in [5.41, 5.74) is 3.40. The number of carbonyl (C=O) groups is 1. The fourth-order valence-corrected chi connectivity index (χ4v) is 2.99. The largest absolute Gasteiger partial charge is 0.493 e. The molecule has 4 heteroatoms. The van der Waals surface area contributed by atoms with Crippen LogP contribution in [0.5, 0.6) is 5.75 Å². The van der Waals surface area contributed by atoms with Gasteiger partial charge in [-0.1, -0.05) is 40.0 Å². The second-order valence-corrected chi connectivity index (χ2v) is 6.70. The van der Waals surface area contributed by atoms with Crippen molar-refractivity contribution in [1.29, 1.82) is 0 Å². The van der Waals surface area contributed by atoms with Crippen molar-refractivity contribution in [2.24, 2.45) is 0 Å². The zero-order valence-corrected chi connectivity index (χ0v) is 16.0. The normalized spacial score (nSPS) is 11.3. The zero-order valence-electron chi connectivity index (χ0n) is 14.4. The van der Waals surface area contributed by atoms with Crippen molar-refractivity contribution in [2.75, 3.05) is 6.61 Å². The lowest BCUT2D eigenvalue weighted by molar-refractivity contribution is -0.137. The second-order valence-electron chi connectivity index (χ2n) is 5.78. The summed E-state index contributed by atoms with van der Waals surface area (Å²) >= 11 is 3.49. The lowest BCUT2D eigenvalue weighted by atomic mass is 9.96. The molecule has 0 aliphatic rings. The number of hydrogen-bond donors (Lipinski definition) is 1. The Hall–Kier alpha value is -2.25. The van der Waals surface area contributed by atoms with E-state index in [0.717, 1.165) is 22.2 Å². The van der Waals surface area contributed by atoms with Crippen LogP contribution in [-0.2, 0) is 11.2 Å². The van der Waals surface area contributed by atoms with E-state index >= 15 is 0 Å². The van der Waals surface area contributed by atoms with Crippen molar-refractivity contribution in [3.63, 3.8) is 0 Å². The molecule has 2 aromatic carbocycles. The van der Waals surface area contributed by atoms with Gasteiger partial charge in [0.2, 0.25) is 0 Å². The molecular formula is C21H21BrO3. The Morgan fingerprint density at radius 2 is 1.96 bits per heavy atom. The van der Waals surface area contributed by atoms with E-state index in [1.807, 2.05) is 30.3 Å². The lowest BCUT2D eigenvalue weighted by Crippen LogP contribution is -2.05. The van der Waals surface area contributed by atoms with E-state index in [9.17, 15) is 4.79 Å². The quantitative estimate of drug-likeness (QED) is 0.667. The summed E-state index contributed by atoms with van der Waals surface area (Å²) in [7, 11) is 0. The SMILES string of the molecule is CC#C[C@@H](CC(=O)O)c1ccc(OCCc2cc(Br)ccc2C)cc1. The van der Waals surface area contributed by atoms with Crippen LogP contribution in [0.15, 0.2) is 46.9 Å². The third-order valence-electron chi connectivity index (χ3n) is 3.93.